The van der Waals surface area contributed by atoms with E-state index in [4.69, 9.17) is 4.42 Å². The molecule has 1 aromatic heterocycles. The average Bonchev–Trinajstić information content (AvgIpc) is 2.92. The predicted molar refractivity (Wildman–Crippen MR) is 71.6 cm³/mol. The molecule has 2 atom stereocenters. The van der Waals surface area contributed by atoms with Crippen molar-refractivity contribution < 1.29 is 14.3 Å². The first-order valence-corrected chi connectivity index (χ1v) is 6.54. The first kappa shape index (κ1) is 13.7. The summed E-state index contributed by atoms with van der Waals surface area (Å²) < 4.78 is 5.15. The van der Waals surface area contributed by atoms with E-state index in [0.29, 0.717) is 5.76 Å². The number of amides is 2. The largest absolute Gasteiger partial charge is 0.466 e. The maximum atomic E-state index is 11.7. The predicted octanol–water partition coefficient (Wildman–Crippen LogP) is 1.89. The van der Waals surface area contributed by atoms with Crippen molar-refractivity contribution in [3.8, 4) is 0 Å². The minimum Gasteiger partial charge on any atom is -0.466 e. The molecule has 0 saturated heterocycles. The van der Waals surface area contributed by atoms with Gasteiger partial charge in [-0.15, -0.1) is 0 Å². The van der Waals surface area contributed by atoms with Crippen molar-refractivity contribution >= 4 is 6.03 Å². The van der Waals surface area contributed by atoms with Crippen molar-refractivity contribution in [1.82, 2.24) is 10.6 Å². The van der Waals surface area contributed by atoms with E-state index in [1.807, 2.05) is 0 Å². The Hall–Kier alpha value is -1.75. The van der Waals surface area contributed by atoms with Gasteiger partial charge >= 0.3 is 6.03 Å². The van der Waals surface area contributed by atoms with Gasteiger partial charge in [0.15, 0.2) is 0 Å². The highest BCUT2D eigenvalue weighted by molar-refractivity contribution is 5.74. The highest BCUT2D eigenvalue weighted by Crippen LogP contribution is 2.19. The summed E-state index contributed by atoms with van der Waals surface area (Å²) in [6.07, 6.45) is 8.51. The van der Waals surface area contributed by atoms with Gasteiger partial charge < -0.3 is 20.2 Å². The number of carbonyl (C=O) groups excluding carboxylic acids is 1. The highest BCUT2D eigenvalue weighted by atomic mass is 16.4. The van der Waals surface area contributed by atoms with Gasteiger partial charge in [0.2, 0.25) is 0 Å². The van der Waals surface area contributed by atoms with Crippen LogP contribution in [0.5, 0.6) is 0 Å². The third kappa shape index (κ3) is 3.86. The van der Waals surface area contributed by atoms with Crippen molar-refractivity contribution in [3.05, 3.63) is 36.3 Å². The number of hydrogen-bond acceptors (Lipinski definition) is 3. The number of rotatable bonds is 4. The average molecular weight is 264 g/mol. The summed E-state index contributed by atoms with van der Waals surface area (Å²) in [5.74, 6) is 0.438. The summed E-state index contributed by atoms with van der Waals surface area (Å²) in [5, 5.41) is 15.8. The van der Waals surface area contributed by atoms with E-state index >= 15 is 0 Å². The lowest BCUT2D eigenvalue weighted by Crippen LogP contribution is -2.46. The zero-order valence-electron chi connectivity index (χ0n) is 11.1. The Balaban J connectivity index is 1.78. The van der Waals surface area contributed by atoms with Crippen LogP contribution in [0.4, 0.5) is 4.79 Å². The highest BCUT2D eigenvalue weighted by Gasteiger charge is 2.27. The van der Waals surface area contributed by atoms with Gasteiger partial charge in [-0.1, -0.05) is 12.2 Å². The molecule has 3 N–H and O–H groups in total. The van der Waals surface area contributed by atoms with Crippen LogP contribution >= 0.6 is 0 Å². The van der Waals surface area contributed by atoms with Crippen LogP contribution in [0.3, 0.4) is 0 Å². The van der Waals surface area contributed by atoms with Gasteiger partial charge in [-0.3, -0.25) is 0 Å². The van der Waals surface area contributed by atoms with Crippen molar-refractivity contribution in [2.75, 3.05) is 6.54 Å². The Morgan fingerprint density at radius 3 is 3.05 bits per heavy atom. The van der Waals surface area contributed by atoms with Gasteiger partial charge in [0.25, 0.3) is 0 Å². The molecule has 19 heavy (non-hydrogen) atoms. The Labute approximate surface area is 112 Å². The fraction of sp³-hybridized carbons (Fsp3) is 0.500. The normalized spacial score (nSPS) is 21.7. The van der Waals surface area contributed by atoms with Crippen LogP contribution in [-0.4, -0.2) is 23.7 Å². The molecule has 1 heterocycles. The third-order valence-electron chi connectivity index (χ3n) is 3.25. The lowest BCUT2D eigenvalue weighted by molar-refractivity contribution is 0.0366. The topological polar surface area (TPSA) is 74.5 Å². The first-order valence-electron chi connectivity index (χ1n) is 6.54. The second-order valence-corrected chi connectivity index (χ2v) is 5.06. The molecule has 1 aromatic rings. The molecule has 104 valence electrons. The van der Waals surface area contributed by atoms with Crippen LogP contribution in [-0.2, 0) is 5.60 Å². The van der Waals surface area contributed by atoms with Crippen LogP contribution in [0, 0.1) is 0 Å². The minimum atomic E-state index is -1.20. The standard InChI is InChI=1S/C14H20N2O3/c1-14(18,12-8-5-9-19-12)10-15-13(17)16-11-6-3-2-4-7-11/h2-3,5,8-9,11,18H,4,6-7,10H2,1H3,(H2,15,16,17). The van der Waals surface area contributed by atoms with E-state index in [9.17, 15) is 9.90 Å². The Morgan fingerprint density at radius 2 is 2.42 bits per heavy atom. The monoisotopic (exact) mass is 264 g/mol. The van der Waals surface area contributed by atoms with E-state index in [1.165, 1.54) is 6.26 Å². The Bertz CT molecular complexity index is 438. The summed E-state index contributed by atoms with van der Waals surface area (Å²) in [7, 11) is 0. The fourth-order valence-corrected chi connectivity index (χ4v) is 2.09. The molecule has 0 aliphatic heterocycles. The second kappa shape index (κ2) is 5.93. The van der Waals surface area contributed by atoms with Gasteiger partial charge in [0, 0.05) is 6.04 Å². The number of allylic oxidation sites excluding steroid dienone is 1. The molecule has 0 radical (unpaired) electrons. The molecule has 0 fully saturated rings. The summed E-state index contributed by atoms with van der Waals surface area (Å²) in [6.45, 7) is 1.71. The SMILES string of the molecule is CC(O)(CNC(=O)NC1CC=CCC1)c1ccco1. The van der Waals surface area contributed by atoms with Crippen molar-refractivity contribution in [2.45, 2.75) is 37.8 Å². The number of hydrogen-bond donors (Lipinski definition) is 3. The Kier molecular flexibility index (Phi) is 4.27. The molecule has 0 aromatic carbocycles. The quantitative estimate of drug-likeness (QED) is 0.727. The van der Waals surface area contributed by atoms with E-state index in [2.05, 4.69) is 22.8 Å². The molecule has 1 aliphatic carbocycles. The van der Waals surface area contributed by atoms with E-state index in [-0.39, 0.29) is 18.6 Å². The second-order valence-electron chi connectivity index (χ2n) is 5.06. The van der Waals surface area contributed by atoms with E-state index in [1.54, 1.807) is 19.1 Å². The van der Waals surface area contributed by atoms with Crippen LogP contribution < -0.4 is 10.6 Å². The summed E-state index contributed by atoms with van der Waals surface area (Å²) in [6, 6.07) is 3.31. The Morgan fingerprint density at radius 1 is 1.58 bits per heavy atom. The maximum Gasteiger partial charge on any atom is 0.315 e. The molecule has 2 rings (SSSR count). The van der Waals surface area contributed by atoms with Crippen LogP contribution in [0.15, 0.2) is 35.0 Å². The summed E-state index contributed by atoms with van der Waals surface area (Å²) in [4.78, 5) is 11.7. The molecule has 2 unspecified atom stereocenters. The lowest BCUT2D eigenvalue weighted by atomic mass is 10.0. The van der Waals surface area contributed by atoms with Crippen molar-refractivity contribution in [2.24, 2.45) is 0 Å². The van der Waals surface area contributed by atoms with Gasteiger partial charge in [0.1, 0.15) is 11.4 Å². The molecule has 1 aliphatic rings. The maximum absolute atomic E-state index is 11.7. The number of furan rings is 1. The molecule has 0 saturated carbocycles. The smallest absolute Gasteiger partial charge is 0.315 e. The molecule has 5 nitrogen and oxygen atoms in total. The first-order chi connectivity index (χ1) is 9.08. The third-order valence-corrected chi connectivity index (χ3v) is 3.25. The fourth-order valence-electron chi connectivity index (χ4n) is 2.09. The van der Waals surface area contributed by atoms with Crippen molar-refractivity contribution in [1.29, 1.82) is 0 Å². The van der Waals surface area contributed by atoms with Gasteiger partial charge in [0.05, 0.1) is 12.8 Å². The van der Waals surface area contributed by atoms with Gasteiger partial charge in [-0.25, -0.2) is 4.79 Å². The lowest BCUT2D eigenvalue weighted by Gasteiger charge is -2.23. The van der Waals surface area contributed by atoms with Gasteiger partial charge in [-0.05, 0) is 38.3 Å². The number of carbonyl (C=O) groups is 1. The van der Waals surface area contributed by atoms with Crippen LogP contribution in [0.25, 0.3) is 0 Å². The van der Waals surface area contributed by atoms with E-state index in [0.717, 1.165) is 19.3 Å². The zero-order valence-corrected chi connectivity index (χ0v) is 11.1. The molecule has 5 heteroatoms. The molecule has 0 bridgehead atoms. The minimum absolute atomic E-state index is 0.106. The van der Waals surface area contributed by atoms with E-state index < -0.39 is 5.60 Å². The van der Waals surface area contributed by atoms with Crippen LogP contribution in [0.1, 0.15) is 31.9 Å². The van der Waals surface area contributed by atoms with Crippen molar-refractivity contribution in [3.63, 3.8) is 0 Å². The number of aliphatic hydroxyl groups is 1. The molecule has 0 spiro atoms. The summed E-state index contributed by atoms with van der Waals surface area (Å²) in [5.41, 5.74) is -1.20. The summed E-state index contributed by atoms with van der Waals surface area (Å²) >= 11 is 0. The molecule has 2 amide bonds. The number of urea groups is 1. The number of nitrogens with one attached hydrogen (secondary N) is 2. The van der Waals surface area contributed by atoms with Crippen LogP contribution in [0.2, 0.25) is 0 Å². The molecular formula is C14H20N2O3. The molecular weight excluding hydrogens is 244 g/mol. The van der Waals surface area contributed by atoms with Gasteiger partial charge in [-0.2, -0.15) is 0 Å². The zero-order chi connectivity index (χ0) is 13.7.